The summed E-state index contributed by atoms with van der Waals surface area (Å²) in [7, 11) is 2.00. The van der Waals surface area contributed by atoms with Crippen LogP contribution in [0.4, 0.5) is 0 Å². The summed E-state index contributed by atoms with van der Waals surface area (Å²) in [6.45, 7) is 8.07. The van der Waals surface area contributed by atoms with E-state index in [0.29, 0.717) is 0 Å². The number of aromatic nitrogens is 2. The number of carbonyl (C=O) groups is 1. The van der Waals surface area contributed by atoms with Crippen LogP contribution in [0.25, 0.3) is 0 Å². The second-order valence-corrected chi connectivity index (χ2v) is 5.83. The quantitative estimate of drug-likeness (QED) is 0.877. The summed E-state index contributed by atoms with van der Waals surface area (Å²) in [5, 5.41) is 0. The predicted octanol–water partition coefficient (Wildman–Crippen LogP) is 0.469. The van der Waals surface area contributed by atoms with Gasteiger partial charge >= 0.3 is 0 Å². The Kier molecular flexibility index (Phi) is 6.64. The Balaban J connectivity index is 0.00000220. The zero-order chi connectivity index (χ0) is 14.7. The van der Waals surface area contributed by atoms with Crippen LogP contribution in [0.15, 0.2) is 12.4 Å². The molecule has 0 aromatic carbocycles. The van der Waals surface area contributed by atoms with Gasteiger partial charge in [0.25, 0.3) is 0 Å². The molecule has 1 aliphatic heterocycles. The minimum absolute atomic E-state index is 0. The van der Waals surface area contributed by atoms with E-state index in [1.165, 1.54) is 0 Å². The average Bonchev–Trinajstić information content (AvgIpc) is 2.83. The van der Waals surface area contributed by atoms with Crippen LogP contribution in [0.3, 0.4) is 0 Å². The number of amides is 1. The molecular formula is C14H26ClN5O. The highest BCUT2D eigenvalue weighted by molar-refractivity contribution is 5.85. The number of aryl methyl sites for hydroxylation is 1. The lowest BCUT2D eigenvalue weighted by Gasteiger charge is -2.36. The fraction of sp³-hybridized carbons (Fsp3) is 0.714. The zero-order valence-corrected chi connectivity index (χ0v) is 13.8. The molecule has 1 fully saturated rings. The lowest BCUT2D eigenvalue weighted by molar-refractivity contribution is -0.135. The third-order valence-electron chi connectivity index (χ3n) is 3.97. The highest BCUT2D eigenvalue weighted by atomic mass is 35.5. The number of nitrogens with two attached hydrogens (primary N) is 1. The average molecular weight is 316 g/mol. The van der Waals surface area contributed by atoms with E-state index in [1.807, 2.05) is 42.8 Å². The van der Waals surface area contributed by atoms with Gasteiger partial charge < -0.3 is 15.2 Å². The second kappa shape index (κ2) is 7.77. The molecule has 7 heteroatoms. The molecule has 2 rings (SSSR count). The van der Waals surface area contributed by atoms with Gasteiger partial charge in [-0.05, 0) is 5.92 Å². The Morgan fingerprint density at radius 1 is 1.33 bits per heavy atom. The van der Waals surface area contributed by atoms with Crippen molar-refractivity contribution >= 4 is 18.3 Å². The van der Waals surface area contributed by atoms with E-state index >= 15 is 0 Å². The van der Waals surface area contributed by atoms with E-state index in [0.717, 1.165) is 38.5 Å². The Bertz CT molecular complexity index is 454. The van der Waals surface area contributed by atoms with E-state index in [9.17, 15) is 4.79 Å². The van der Waals surface area contributed by atoms with Crippen LogP contribution in [-0.4, -0.2) is 57.5 Å². The first kappa shape index (κ1) is 17.9. The van der Waals surface area contributed by atoms with Crippen LogP contribution in [0.2, 0.25) is 0 Å². The molecule has 1 atom stereocenters. The molecule has 0 saturated carbocycles. The molecule has 0 radical (unpaired) electrons. The van der Waals surface area contributed by atoms with Crippen molar-refractivity contribution in [2.45, 2.75) is 26.4 Å². The van der Waals surface area contributed by atoms with Crippen molar-refractivity contribution in [2.24, 2.45) is 18.7 Å². The molecule has 2 heterocycles. The van der Waals surface area contributed by atoms with Crippen LogP contribution in [0.1, 0.15) is 19.7 Å². The van der Waals surface area contributed by atoms with Crippen LogP contribution in [0, 0.1) is 5.92 Å². The monoisotopic (exact) mass is 315 g/mol. The van der Waals surface area contributed by atoms with Crippen molar-refractivity contribution in [3.63, 3.8) is 0 Å². The molecule has 21 heavy (non-hydrogen) atoms. The number of halogens is 1. The molecule has 1 aromatic rings. The third-order valence-corrected chi connectivity index (χ3v) is 3.97. The van der Waals surface area contributed by atoms with Crippen LogP contribution < -0.4 is 5.73 Å². The van der Waals surface area contributed by atoms with Gasteiger partial charge in [-0.15, -0.1) is 12.4 Å². The number of nitrogens with zero attached hydrogens (tertiary/aromatic N) is 4. The van der Waals surface area contributed by atoms with Gasteiger partial charge in [0.15, 0.2) is 0 Å². The molecule has 0 spiro atoms. The third kappa shape index (κ3) is 4.43. The molecule has 120 valence electrons. The lowest BCUT2D eigenvalue weighted by Crippen LogP contribution is -2.54. The summed E-state index contributed by atoms with van der Waals surface area (Å²) in [6.07, 6.45) is 3.77. The van der Waals surface area contributed by atoms with Crippen molar-refractivity contribution in [3.05, 3.63) is 18.2 Å². The fourth-order valence-corrected chi connectivity index (χ4v) is 2.37. The Morgan fingerprint density at radius 2 is 1.95 bits per heavy atom. The SMILES string of the molecule is CC(C)[C@H](N)C(=O)N1CCN(Cc2nccn2C)CC1.Cl. The number of hydrogen-bond acceptors (Lipinski definition) is 4. The van der Waals surface area contributed by atoms with Gasteiger partial charge in [-0.1, -0.05) is 13.8 Å². The van der Waals surface area contributed by atoms with E-state index in [2.05, 4.69) is 9.88 Å². The van der Waals surface area contributed by atoms with Crippen LogP contribution in [-0.2, 0) is 18.4 Å². The van der Waals surface area contributed by atoms with E-state index in [4.69, 9.17) is 5.73 Å². The maximum atomic E-state index is 12.2. The van der Waals surface area contributed by atoms with E-state index in [-0.39, 0.29) is 30.3 Å². The molecule has 0 unspecified atom stereocenters. The van der Waals surface area contributed by atoms with Crippen molar-refractivity contribution < 1.29 is 4.79 Å². The number of hydrogen-bond donors (Lipinski definition) is 1. The second-order valence-electron chi connectivity index (χ2n) is 5.83. The molecule has 0 bridgehead atoms. The zero-order valence-electron chi connectivity index (χ0n) is 13.0. The molecule has 0 aliphatic carbocycles. The largest absolute Gasteiger partial charge is 0.339 e. The van der Waals surface area contributed by atoms with Crippen molar-refractivity contribution in [1.82, 2.24) is 19.4 Å². The Labute approximate surface area is 132 Å². The van der Waals surface area contributed by atoms with Crippen molar-refractivity contribution in [3.8, 4) is 0 Å². The van der Waals surface area contributed by atoms with Gasteiger partial charge in [-0.25, -0.2) is 4.98 Å². The highest BCUT2D eigenvalue weighted by Gasteiger charge is 2.27. The normalized spacial score (nSPS) is 17.7. The molecule has 1 aromatic heterocycles. The smallest absolute Gasteiger partial charge is 0.239 e. The van der Waals surface area contributed by atoms with Crippen LogP contribution in [0.5, 0.6) is 0 Å². The summed E-state index contributed by atoms with van der Waals surface area (Å²) >= 11 is 0. The Morgan fingerprint density at radius 3 is 2.43 bits per heavy atom. The van der Waals surface area contributed by atoms with Gasteiger partial charge in [-0.3, -0.25) is 9.69 Å². The molecule has 1 aliphatic rings. The molecule has 2 N–H and O–H groups in total. The maximum Gasteiger partial charge on any atom is 0.239 e. The van der Waals surface area contributed by atoms with Crippen molar-refractivity contribution in [1.29, 1.82) is 0 Å². The minimum atomic E-state index is -0.379. The summed E-state index contributed by atoms with van der Waals surface area (Å²) in [4.78, 5) is 20.7. The van der Waals surface area contributed by atoms with Gasteiger partial charge in [-0.2, -0.15) is 0 Å². The summed E-state index contributed by atoms with van der Waals surface area (Å²) < 4.78 is 2.03. The topological polar surface area (TPSA) is 67.4 Å². The summed E-state index contributed by atoms with van der Waals surface area (Å²) in [5.41, 5.74) is 5.94. The highest BCUT2D eigenvalue weighted by Crippen LogP contribution is 2.10. The Hall–Kier alpha value is -1.11. The van der Waals surface area contributed by atoms with E-state index < -0.39 is 0 Å². The maximum absolute atomic E-state index is 12.2. The van der Waals surface area contributed by atoms with Crippen LogP contribution >= 0.6 is 12.4 Å². The number of imidazole rings is 1. The first-order valence-electron chi connectivity index (χ1n) is 7.22. The van der Waals surface area contributed by atoms with Gasteiger partial charge in [0.1, 0.15) is 5.82 Å². The van der Waals surface area contributed by atoms with Gasteiger partial charge in [0.2, 0.25) is 5.91 Å². The predicted molar refractivity (Wildman–Crippen MR) is 85.1 cm³/mol. The molecule has 6 nitrogen and oxygen atoms in total. The standard InChI is InChI=1S/C14H25N5O.ClH/c1-11(2)13(15)14(20)19-8-6-18(7-9-19)10-12-16-4-5-17(12)3;/h4-5,11,13H,6-10,15H2,1-3H3;1H/t13-;/m0./s1. The number of piperazine rings is 1. The summed E-state index contributed by atoms with van der Waals surface area (Å²) in [6, 6.07) is -0.379. The molecule has 1 amide bonds. The van der Waals surface area contributed by atoms with Gasteiger partial charge in [0, 0.05) is 45.6 Å². The first-order valence-corrected chi connectivity index (χ1v) is 7.22. The van der Waals surface area contributed by atoms with Crippen molar-refractivity contribution in [2.75, 3.05) is 26.2 Å². The first-order chi connectivity index (χ1) is 9.49. The molecular weight excluding hydrogens is 290 g/mol. The lowest BCUT2D eigenvalue weighted by atomic mass is 10.0. The number of rotatable bonds is 4. The fourth-order valence-electron chi connectivity index (χ4n) is 2.37. The number of carbonyl (C=O) groups excluding carboxylic acids is 1. The minimum Gasteiger partial charge on any atom is -0.339 e. The molecule has 1 saturated heterocycles. The van der Waals surface area contributed by atoms with Gasteiger partial charge in [0.05, 0.1) is 12.6 Å². The summed E-state index contributed by atoms with van der Waals surface area (Å²) in [5.74, 6) is 1.33. The van der Waals surface area contributed by atoms with E-state index in [1.54, 1.807) is 0 Å².